The number of aryl methyl sites for hydroxylation is 1. The maximum atomic E-state index is 13.5. The Bertz CT molecular complexity index is 1060. The zero-order valence-corrected chi connectivity index (χ0v) is 16.3. The zero-order chi connectivity index (χ0) is 20.8. The lowest BCUT2D eigenvalue weighted by atomic mass is 10.1. The molecule has 0 amide bonds. The summed E-state index contributed by atoms with van der Waals surface area (Å²) in [7, 11) is 0. The first-order valence-electron chi connectivity index (χ1n) is 9.59. The van der Waals surface area contributed by atoms with Crippen molar-refractivity contribution in [1.82, 2.24) is 14.1 Å². The van der Waals surface area contributed by atoms with Crippen molar-refractivity contribution in [3.8, 4) is 0 Å². The molecule has 3 aromatic rings. The molecule has 1 atom stereocenters. The van der Waals surface area contributed by atoms with Gasteiger partial charge in [-0.05, 0) is 44.9 Å². The van der Waals surface area contributed by atoms with Crippen LogP contribution < -0.4 is 0 Å². The van der Waals surface area contributed by atoms with Crippen LogP contribution in [0.25, 0.3) is 11.0 Å². The summed E-state index contributed by atoms with van der Waals surface area (Å²) in [4.78, 5) is 16.7. The van der Waals surface area contributed by atoms with Crippen molar-refractivity contribution in [3.63, 3.8) is 0 Å². The number of carbonyl (C=O) groups excluding carboxylic acids is 1. The number of rotatable bonds is 5. The maximum Gasteiger partial charge on any atom is 0.449 e. The van der Waals surface area contributed by atoms with E-state index >= 15 is 0 Å². The van der Waals surface area contributed by atoms with E-state index < -0.39 is 18.5 Å². The van der Waals surface area contributed by atoms with Gasteiger partial charge in [0.1, 0.15) is 0 Å². The Morgan fingerprint density at radius 2 is 2.00 bits per heavy atom. The van der Waals surface area contributed by atoms with Crippen LogP contribution >= 0.6 is 0 Å². The fourth-order valence-corrected chi connectivity index (χ4v) is 4.04. The van der Waals surface area contributed by atoms with Gasteiger partial charge in [-0.25, -0.2) is 4.98 Å². The van der Waals surface area contributed by atoms with Crippen LogP contribution in [-0.2, 0) is 24.0 Å². The van der Waals surface area contributed by atoms with Crippen molar-refractivity contribution in [2.75, 3.05) is 6.61 Å². The lowest BCUT2D eigenvalue weighted by Crippen LogP contribution is -2.20. The highest BCUT2D eigenvalue weighted by Gasteiger charge is 2.38. The third-order valence-electron chi connectivity index (χ3n) is 5.49. The molecule has 4 rings (SSSR count). The largest absolute Gasteiger partial charge is 0.449 e. The monoisotopic (exact) mass is 405 g/mol. The second-order valence-corrected chi connectivity index (χ2v) is 7.46. The fourth-order valence-electron chi connectivity index (χ4n) is 4.04. The highest BCUT2D eigenvalue weighted by molar-refractivity contribution is 5.98. The average molecular weight is 405 g/mol. The number of fused-ring (bicyclic) bond motifs is 1. The smallest absolute Gasteiger partial charge is 0.376 e. The van der Waals surface area contributed by atoms with Gasteiger partial charge in [0.25, 0.3) is 0 Å². The molecular formula is C21H22F3N3O2. The molecule has 0 bridgehead atoms. The Morgan fingerprint density at radius 1 is 1.24 bits per heavy atom. The third-order valence-corrected chi connectivity index (χ3v) is 5.49. The fraction of sp³-hybridized carbons (Fsp3) is 0.429. The molecule has 0 N–H and O–H groups in total. The molecule has 5 nitrogen and oxygen atoms in total. The van der Waals surface area contributed by atoms with E-state index in [0.29, 0.717) is 17.6 Å². The normalized spacial score (nSPS) is 17.3. The first-order chi connectivity index (χ1) is 13.8. The van der Waals surface area contributed by atoms with Crippen LogP contribution in [0, 0.1) is 13.8 Å². The molecule has 0 unspecified atom stereocenters. The molecule has 3 heterocycles. The van der Waals surface area contributed by atoms with Crippen LogP contribution in [0.2, 0.25) is 0 Å². The van der Waals surface area contributed by atoms with E-state index in [2.05, 4.69) is 4.98 Å². The van der Waals surface area contributed by atoms with Crippen LogP contribution in [-0.4, -0.2) is 32.6 Å². The molecule has 0 saturated carbocycles. The number of ketones is 1. The number of carbonyl (C=O) groups is 1. The number of halogens is 3. The maximum absolute atomic E-state index is 13.5. The Morgan fingerprint density at radius 3 is 2.69 bits per heavy atom. The minimum atomic E-state index is -4.64. The predicted molar refractivity (Wildman–Crippen MR) is 102 cm³/mol. The van der Waals surface area contributed by atoms with Gasteiger partial charge in [-0.15, -0.1) is 0 Å². The predicted octanol–water partition coefficient (Wildman–Crippen LogP) is 4.54. The van der Waals surface area contributed by atoms with Gasteiger partial charge in [0, 0.05) is 30.1 Å². The highest BCUT2D eigenvalue weighted by atomic mass is 19.4. The molecule has 0 radical (unpaired) electrons. The van der Waals surface area contributed by atoms with Crippen LogP contribution in [0.3, 0.4) is 0 Å². The molecule has 1 saturated heterocycles. The van der Waals surface area contributed by atoms with Crippen molar-refractivity contribution in [3.05, 3.63) is 53.1 Å². The summed E-state index contributed by atoms with van der Waals surface area (Å²) in [5.41, 5.74) is 2.60. The van der Waals surface area contributed by atoms with Gasteiger partial charge in [0.15, 0.2) is 5.78 Å². The molecule has 154 valence electrons. The molecule has 29 heavy (non-hydrogen) atoms. The molecule has 0 spiro atoms. The van der Waals surface area contributed by atoms with Crippen molar-refractivity contribution in [2.24, 2.45) is 0 Å². The number of Topliss-reactive ketones (excluding diaryl/α,β-unsaturated/α-hetero) is 1. The standard InChI is InChI=1S/C21H22F3N3O2/c1-13-10-16(14(2)26(13)11-15-6-5-9-29-15)19(28)12-27-18-8-4-3-7-17(18)25-20(27)21(22,23)24/h3-4,7-8,10,15H,5-6,9,11-12H2,1-2H3/t15-/m0/s1. The third kappa shape index (κ3) is 3.69. The van der Waals surface area contributed by atoms with Crippen LogP contribution in [0.15, 0.2) is 30.3 Å². The van der Waals surface area contributed by atoms with Gasteiger partial charge < -0.3 is 13.9 Å². The first-order valence-corrected chi connectivity index (χ1v) is 9.59. The van der Waals surface area contributed by atoms with E-state index in [-0.39, 0.29) is 17.4 Å². The average Bonchev–Trinajstić information content (AvgIpc) is 3.37. The van der Waals surface area contributed by atoms with E-state index in [1.807, 2.05) is 18.4 Å². The van der Waals surface area contributed by atoms with Gasteiger partial charge >= 0.3 is 6.18 Å². The molecule has 8 heteroatoms. The lowest BCUT2D eigenvalue weighted by Gasteiger charge is -2.15. The van der Waals surface area contributed by atoms with E-state index in [4.69, 9.17) is 4.74 Å². The first kappa shape index (κ1) is 19.7. The van der Waals surface area contributed by atoms with Gasteiger partial charge in [0.05, 0.1) is 23.7 Å². The van der Waals surface area contributed by atoms with Gasteiger partial charge in [-0.3, -0.25) is 4.79 Å². The highest BCUT2D eigenvalue weighted by Crippen LogP contribution is 2.32. The number of para-hydroxylation sites is 2. The number of benzene rings is 1. The van der Waals surface area contributed by atoms with Crippen molar-refractivity contribution >= 4 is 16.8 Å². The molecule has 2 aromatic heterocycles. The van der Waals surface area contributed by atoms with E-state index in [1.165, 1.54) is 6.07 Å². The summed E-state index contributed by atoms with van der Waals surface area (Å²) in [6, 6.07) is 8.07. The van der Waals surface area contributed by atoms with E-state index in [9.17, 15) is 18.0 Å². The summed E-state index contributed by atoms with van der Waals surface area (Å²) in [5.74, 6) is -1.43. The summed E-state index contributed by atoms with van der Waals surface area (Å²) in [6.45, 7) is 4.69. The Hall–Kier alpha value is -2.61. The molecular weight excluding hydrogens is 383 g/mol. The van der Waals surface area contributed by atoms with E-state index in [0.717, 1.165) is 35.4 Å². The summed E-state index contributed by atoms with van der Waals surface area (Å²) >= 11 is 0. The van der Waals surface area contributed by atoms with Crippen molar-refractivity contribution in [2.45, 2.75) is 52.1 Å². The van der Waals surface area contributed by atoms with Crippen LogP contribution in [0.4, 0.5) is 13.2 Å². The number of imidazole rings is 1. The minimum Gasteiger partial charge on any atom is -0.376 e. The quantitative estimate of drug-likeness (QED) is 0.586. The number of alkyl halides is 3. The molecule has 1 fully saturated rings. The minimum absolute atomic E-state index is 0.108. The lowest BCUT2D eigenvalue weighted by molar-refractivity contribution is -0.146. The molecule has 0 aliphatic carbocycles. The zero-order valence-electron chi connectivity index (χ0n) is 16.3. The van der Waals surface area contributed by atoms with Gasteiger partial charge in [0.2, 0.25) is 5.82 Å². The van der Waals surface area contributed by atoms with E-state index in [1.54, 1.807) is 24.3 Å². The Labute approximate surface area is 166 Å². The topological polar surface area (TPSA) is 49.0 Å². The SMILES string of the molecule is Cc1cc(C(=O)Cn2c(C(F)(F)F)nc3ccccc32)c(C)n1C[C@@H]1CCCO1. The number of nitrogens with zero attached hydrogens (tertiary/aromatic N) is 3. The van der Waals surface area contributed by atoms with Crippen molar-refractivity contribution < 1.29 is 22.7 Å². The van der Waals surface area contributed by atoms with Gasteiger partial charge in [-0.1, -0.05) is 12.1 Å². The van der Waals surface area contributed by atoms with Crippen LogP contribution in [0.1, 0.15) is 40.4 Å². The molecule has 1 aliphatic rings. The number of hydrogen-bond donors (Lipinski definition) is 0. The number of ether oxygens (including phenoxy) is 1. The van der Waals surface area contributed by atoms with Crippen molar-refractivity contribution in [1.29, 1.82) is 0 Å². The summed E-state index contributed by atoms with van der Waals surface area (Å²) in [5, 5.41) is 0. The Balaban J connectivity index is 1.67. The summed E-state index contributed by atoms with van der Waals surface area (Å²) in [6.07, 6.45) is -2.55. The number of hydrogen-bond acceptors (Lipinski definition) is 3. The number of aromatic nitrogens is 3. The second kappa shape index (κ2) is 7.33. The van der Waals surface area contributed by atoms with Gasteiger partial charge in [-0.2, -0.15) is 13.2 Å². The molecule has 1 aliphatic heterocycles. The summed E-state index contributed by atoms with van der Waals surface area (Å²) < 4.78 is 49.2. The second-order valence-electron chi connectivity index (χ2n) is 7.46. The molecule has 1 aromatic carbocycles. The Kier molecular flexibility index (Phi) is 4.98. The van der Waals surface area contributed by atoms with Crippen LogP contribution in [0.5, 0.6) is 0 Å².